The van der Waals surface area contributed by atoms with Gasteiger partial charge in [0, 0.05) is 45.3 Å². The molecule has 3 fully saturated rings. The molecule has 0 aromatic heterocycles. The van der Waals surface area contributed by atoms with Crippen LogP contribution in [0.5, 0.6) is 0 Å². The zero-order valence-corrected chi connectivity index (χ0v) is 29.2. The first-order valence-corrected chi connectivity index (χ1v) is 17.2. The number of Topliss-reactive ketones (excluding diaryl/α,β-unsaturated/α-hetero) is 1. The van der Waals surface area contributed by atoms with Crippen LogP contribution in [0.3, 0.4) is 0 Å². The van der Waals surface area contributed by atoms with Gasteiger partial charge in [-0.05, 0) is 52.0 Å². The summed E-state index contributed by atoms with van der Waals surface area (Å²) in [5.41, 5.74) is 0.907. The maximum absolute atomic E-state index is 12.7. The molecule has 3 rings (SSSR count). The Morgan fingerprint density at radius 1 is 1.00 bits per heavy atom. The van der Waals surface area contributed by atoms with Gasteiger partial charge in [-0.15, -0.1) is 0 Å². The fraction of sp³-hybridized carbons (Fsp3) is 0.722. The van der Waals surface area contributed by atoms with Crippen LogP contribution in [0.2, 0.25) is 0 Å². The van der Waals surface area contributed by atoms with Crippen LogP contribution in [0.4, 0.5) is 0 Å². The third-order valence-electron chi connectivity index (χ3n) is 8.79. The van der Waals surface area contributed by atoms with Crippen molar-refractivity contribution in [2.75, 3.05) is 33.0 Å². The third kappa shape index (κ3) is 15.1. The molecule has 12 heteroatoms. The zero-order valence-electron chi connectivity index (χ0n) is 29.2. The van der Waals surface area contributed by atoms with Crippen LogP contribution < -0.4 is 5.32 Å². The molecule has 1 spiro atoms. The molecule has 2 N–H and O–H groups in total. The maximum Gasteiger partial charge on any atom is 0.305 e. The Morgan fingerprint density at radius 2 is 1.73 bits per heavy atom. The number of aliphatic carboxylic acids is 1. The summed E-state index contributed by atoms with van der Waals surface area (Å²) in [5.74, 6) is -1.14. The summed E-state index contributed by atoms with van der Waals surface area (Å²) < 4.78 is 34.1. The summed E-state index contributed by atoms with van der Waals surface area (Å²) in [5, 5.41) is 11.6. The van der Waals surface area contributed by atoms with Gasteiger partial charge >= 0.3 is 11.9 Å². The van der Waals surface area contributed by atoms with Crippen molar-refractivity contribution < 1.29 is 52.7 Å². The Bertz CT molecular complexity index is 1160. The lowest BCUT2D eigenvalue weighted by Gasteiger charge is -2.39. The van der Waals surface area contributed by atoms with Gasteiger partial charge in [0.15, 0.2) is 0 Å². The van der Waals surface area contributed by atoms with Gasteiger partial charge in [-0.3, -0.25) is 19.2 Å². The normalized spacial score (nSPS) is 29.6. The van der Waals surface area contributed by atoms with Crippen molar-refractivity contribution in [3.05, 3.63) is 36.0 Å². The molecular weight excluding hydrogens is 622 g/mol. The van der Waals surface area contributed by atoms with E-state index in [9.17, 15) is 19.2 Å². The second-order valence-corrected chi connectivity index (χ2v) is 13.3. The van der Waals surface area contributed by atoms with Crippen LogP contribution in [0.25, 0.3) is 0 Å². The number of esters is 1. The van der Waals surface area contributed by atoms with E-state index in [4.69, 9.17) is 33.5 Å². The Hall–Kier alpha value is -2.90. The lowest BCUT2D eigenvalue weighted by Crippen LogP contribution is -2.50. The predicted molar refractivity (Wildman–Crippen MR) is 177 cm³/mol. The van der Waals surface area contributed by atoms with Crippen LogP contribution in [-0.2, 0) is 47.6 Å². The monoisotopic (exact) mass is 677 g/mol. The standard InChI is InChI=1S/C36H55NO11/c1-24(9-12-33-25(2)19-32(27(4)47-33)37-34(40)13-10-26(3)46-28(5)38)8-11-30-21-36(23-45-36)22-31(48-30)20-29(39)7-6-15-43-17-18-44-16-14-35(41)42/h8-11,13,25-27,30-33H,6-7,12,14-23H2,1-5H3,(H,37,40)(H,41,42)/b11-8+,13-10-,24-9+/t25-,26-,27+,30+,31+,32+,33-,36+/m0/s1. The molecule has 48 heavy (non-hydrogen) atoms. The fourth-order valence-corrected chi connectivity index (χ4v) is 6.09. The maximum atomic E-state index is 12.7. The van der Waals surface area contributed by atoms with Crippen LogP contribution in [-0.4, -0.2) is 104 Å². The van der Waals surface area contributed by atoms with Crippen molar-refractivity contribution in [1.29, 1.82) is 0 Å². The van der Waals surface area contributed by atoms with Crippen LogP contribution in [0.15, 0.2) is 36.0 Å². The highest BCUT2D eigenvalue weighted by Gasteiger charge is 2.51. The number of carbonyl (C=O) groups excluding carboxylic acids is 3. The molecule has 0 aromatic carbocycles. The van der Waals surface area contributed by atoms with E-state index >= 15 is 0 Å². The molecule has 1 amide bonds. The Kier molecular flexibility index (Phi) is 16.4. The number of allylic oxidation sites excluding steroid dienone is 2. The molecule has 270 valence electrons. The number of carboxylic acid groups (broad SMARTS) is 1. The molecular formula is C36H55NO11. The number of carbonyl (C=O) groups is 4. The number of hydrogen-bond donors (Lipinski definition) is 2. The van der Waals surface area contributed by atoms with Crippen molar-refractivity contribution in [2.24, 2.45) is 5.92 Å². The Labute approximate surface area is 284 Å². The van der Waals surface area contributed by atoms with Gasteiger partial charge in [0.1, 0.15) is 11.9 Å². The van der Waals surface area contributed by atoms with Crippen molar-refractivity contribution in [1.82, 2.24) is 5.32 Å². The summed E-state index contributed by atoms with van der Waals surface area (Å²) in [6.07, 6.45) is 12.7. The first-order valence-electron chi connectivity index (χ1n) is 17.2. The van der Waals surface area contributed by atoms with Gasteiger partial charge < -0.3 is 38.8 Å². The lowest BCUT2D eigenvalue weighted by molar-refractivity contribution is -0.143. The van der Waals surface area contributed by atoms with Gasteiger partial charge in [-0.25, -0.2) is 0 Å². The number of rotatable bonds is 20. The molecule has 3 aliphatic heterocycles. The molecule has 0 bridgehead atoms. The second-order valence-electron chi connectivity index (χ2n) is 13.3. The minimum atomic E-state index is -0.892. The van der Waals surface area contributed by atoms with Crippen LogP contribution >= 0.6 is 0 Å². The van der Waals surface area contributed by atoms with E-state index in [1.165, 1.54) is 13.0 Å². The number of ketones is 1. The summed E-state index contributed by atoms with van der Waals surface area (Å²) >= 11 is 0. The Balaban J connectivity index is 1.37. The molecule has 0 aromatic rings. The van der Waals surface area contributed by atoms with Gasteiger partial charge in [0.25, 0.3) is 0 Å². The van der Waals surface area contributed by atoms with Crippen LogP contribution in [0, 0.1) is 5.92 Å². The molecule has 0 radical (unpaired) electrons. The first kappa shape index (κ1) is 39.5. The summed E-state index contributed by atoms with van der Waals surface area (Å²) in [7, 11) is 0. The van der Waals surface area contributed by atoms with E-state index in [1.807, 2.05) is 6.92 Å². The molecule has 3 aliphatic rings. The van der Waals surface area contributed by atoms with Crippen molar-refractivity contribution in [3.8, 4) is 0 Å². The molecule has 3 heterocycles. The summed E-state index contributed by atoms with van der Waals surface area (Å²) in [4.78, 5) is 46.6. The molecule has 12 nitrogen and oxygen atoms in total. The lowest BCUT2D eigenvalue weighted by atomic mass is 9.88. The highest BCUT2D eigenvalue weighted by Crippen LogP contribution is 2.43. The fourth-order valence-electron chi connectivity index (χ4n) is 6.09. The largest absolute Gasteiger partial charge is 0.481 e. The topological polar surface area (TPSA) is 159 Å². The summed E-state index contributed by atoms with van der Waals surface area (Å²) in [6.45, 7) is 11.2. The van der Waals surface area contributed by atoms with Crippen molar-refractivity contribution in [3.63, 3.8) is 0 Å². The van der Waals surface area contributed by atoms with E-state index in [2.05, 4.69) is 37.4 Å². The number of ether oxygens (including phenoxy) is 6. The highest BCUT2D eigenvalue weighted by molar-refractivity contribution is 5.87. The molecule has 0 aliphatic carbocycles. The number of hydrogen-bond acceptors (Lipinski definition) is 10. The van der Waals surface area contributed by atoms with E-state index in [0.717, 1.165) is 31.3 Å². The number of epoxide rings is 1. The number of amides is 1. The van der Waals surface area contributed by atoms with Gasteiger partial charge in [-0.2, -0.15) is 0 Å². The average Bonchev–Trinajstić information content (AvgIpc) is 3.75. The highest BCUT2D eigenvalue weighted by atomic mass is 16.6. The summed E-state index contributed by atoms with van der Waals surface area (Å²) in [6, 6.07) is -0.112. The van der Waals surface area contributed by atoms with Crippen molar-refractivity contribution in [2.45, 2.75) is 128 Å². The van der Waals surface area contributed by atoms with Gasteiger partial charge in [0.05, 0.1) is 68.9 Å². The van der Waals surface area contributed by atoms with Crippen LogP contribution in [0.1, 0.15) is 86.0 Å². The Morgan fingerprint density at radius 3 is 2.42 bits per heavy atom. The molecule has 0 saturated carbocycles. The third-order valence-corrected chi connectivity index (χ3v) is 8.79. The average molecular weight is 678 g/mol. The van der Waals surface area contributed by atoms with Gasteiger partial charge in [-0.1, -0.05) is 30.7 Å². The molecule has 3 saturated heterocycles. The minimum Gasteiger partial charge on any atom is -0.481 e. The zero-order chi connectivity index (χ0) is 35.1. The van der Waals surface area contributed by atoms with Gasteiger partial charge in [0.2, 0.25) is 5.91 Å². The van der Waals surface area contributed by atoms with E-state index in [1.54, 1.807) is 13.0 Å². The SMILES string of the molecule is CC(=O)O[C@@H](C)/C=C\C(=O)N[C@@H]1C[C@H](C)[C@H](C/C=C(C)/C=C/[C@@H]2C[C@]3(CO3)C[C@@H](CC(=O)CCCOCCOCCC(=O)O)O2)O[C@@H]1C. The predicted octanol–water partition coefficient (Wildman–Crippen LogP) is 4.25. The smallest absolute Gasteiger partial charge is 0.305 e. The molecule has 8 atom stereocenters. The first-order chi connectivity index (χ1) is 22.8. The van der Waals surface area contributed by atoms with E-state index in [-0.39, 0.29) is 66.7 Å². The quantitative estimate of drug-likeness (QED) is 0.0624. The second kappa shape index (κ2) is 19.9. The number of nitrogens with one attached hydrogen (secondary N) is 1. The number of carboxylic acids is 1. The van der Waals surface area contributed by atoms with E-state index in [0.29, 0.717) is 45.7 Å². The minimum absolute atomic E-state index is 0.0288. The van der Waals surface area contributed by atoms with Crippen molar-refractivity contribution >= 4 is 23.6 Å². The van der Waals surface area contributed by atoms with E-state index < -0.39 is 18.0 Å². The molecule has 0 unspecified atom stereocenters.